The quantitative estimate of drug-likeness (QED) is 0.713. The molecule has 0 amide bonds. The highest BCUT2D eigenvalue weighted by atomic mass is 16.5. The molecule has 1 saturated heterocycles. The smallest absolute Gasteiger partial charge is 0.0772 e. The minimum atomic E-state index is 0.105. The first kappa shape index (κ1) is 11.0. The van der Waals surface area contributed by atoms with Crippen molar-refractivity contribution in [2.24, 2.45) is 0 Å². The van der Waals surface area contributed by atoms with Gasteiger partial charge in [0.25, 0.3) is 0 Å². The zero-order chi connectivity index (χ0) is 10.3. The molecule has 1 aliphatic heterocycles. The van der Waals surface area contributed by atoms with Gasteiger partial charge in [0, 0.05) is 11.1 Å². The van der Waals surface area contributed by atoms with Gasteiger partial charge in [-0.1, -0.05) is 0 Å². The molecule has 2 nitrogen and oxygen atoms in total. The van der Waals surface area contributed by atoms with Crippen LogP contribution in [0.15, 0.2) is 0 Å². The second-order valence-electron chi connectivity index (χ2n) is 5.61. The van der Waals surface area contributed by atoms with Crippen LogP contribution in [0.1, 0.15) is 48.0 Å². The van der Waals surface area contributed by atoms with Crippen molar-refractivity contribution in [2.45, 2.75) is 71.2 Å². The summed E-state index contributed by atoms with van der Waals surface area (Å²) in [5.74, 6) is 0. The predicted octanol–water partition coefficient (Wildman–Crippen LogP) is 2.33. The Bertz CT molecular complexity index is 185. The van der Waals surface area contributed by atoms with E-state index in [4.69, 9.17) is 4.74 Å². The van der Waals surface area contributed by atoms with Gasteiger partial charge in [-0.05, 0) is 48.0 Å². The highest BCUT2D eigenvalue weighted by Crippen LogP contribution is 2.33. The third-order valence-corrected chi connectivity index (χ3v) is 2.60. The molecule has 0 saturated carbocycles. The van der Waals surface area contributed by atoms with Crippen molar-refractivity contribution in [2.75, 3.05) is 0 Å². The Kier molecular flexibility index (Phi) is 2.75. The highest BCUT2D eigenvalue weighted by Gasteiger charge is 2.44. The summed E-state index contributed by atoms with van der Waals surface area (Å²) in [6, 6.07) is 0. The fourth-order valence-electron chi connectivity index (χ4n) is 2.27. The normalized spacial score (nSPS) is 31.2. The van der Waals surface area contributed by atoms with Crippen LogP contribution in [-0.2, 0) is 4.74 Å². The number of nitrogens with one attached hydrogen (secondary N) is 1. The maximum Gasteiger partial charge on any atom is 0.0772 e. The van der Waals surface area contributed by atoms with Crippen LogP contribution in [-0.4, -0.2) is 23.3 Å². The third-order valence-electron chi connectivity index (χ3n) is 2.60. The number of rotatable bonds is 2. The Morgan fingerprint density at radius 3 is 2.08 bits per heavy atom. The van der Waals surface area contributed by atoms with Crippen molar-refractivity contribution < 1.29 is 4.74 Å². The maximum atomic E-state index is 5.90. The SMILES string of the molecule is CC(C)OC1CC(C)(C)NC1(C)C. The Labute approximate surface area is 82.0 Å². The molecule has 1 heterocycles. The lowest BCUT2D eigenvalue weighted by molar-refractivity contribution is -0.0194. The molecular weight excluding hydrogens is 162 g/mol. The van der Waals surface area contributed by atoms with Crippen LogP contribution in [0.4, 0.5) is 0 Å². The molecule has 0 aromatic heterocycles. The first-order valence-corrected chi connectivity index (χ1v) is 5.18. The second kappa shape index (κ2) is 3.25. The molecule has 2 heteroatoms. The zero-order valence-electron chi connectivity index (χ0n) is 9.77. The molecule has 1 aliphatic rings. The van der Waals surface area contributed by atoms with Crippen molar-refractivity contribution in [1.82, 2.24) is 5.32 Å². The van der Waals surface area contributed by atoms with E-state index in [0.29, 0.717) is 12.2 Å². The Morgan fingerprint density at radius 1 is 1.23 bits per heavy atom. The average Bonchev–Trinajstić information content (AvgIpc) is 1.98. The number of hydrogen-bond donors (Lipinski definition) is 1. The Morgan fingerprint density at radius 2 is 1.77 bits per heavy atom. The van der Waals surface area contributed by atoms with Crippen molar-refractivity contribution in [1.29, 1.82) is 0 Å². The van der Waals surface area contributed by atoms with Gasteiger partial charge in [0.15, 0.2) is 0 Å². The van der Waals surface area contributed by atoms with E-state index < -0.39 is 0 Å². The lowest BCUT2D eigenvalue weighted by Gasteiger charge is -2.29. The molecule has 0 radical (unpaired) electrons. The Hall–Kier alpha value is -0.0800. The second-order valence-corrected chi connectivity index (χ2v) is 5.61. The van der Waals surface area contributed by atoms with Crippen molar-refractivity contribution in [3.8, 4) is 0 Å². The largest absolute Gasteiger partial charge is 0.374 e. The molecule has 0 aliphatic carbocycles. The summed E-state index contributed by atoms with van der Waals surface area (Å²) in [4.78, 5) is 0. The molecular formula is C11H23NO. The van der Waals surface area contributed by atoms with Gasteiger partial charge in [-0.2, -0.15) is 0 Å². The lowest BCUT2D eigenvalue weighted by atomic mass is 9.97. The minimum Gasteiger partial charge on any atom is -0.374 e. The van der Waals surface area contributed by atoms with E-state index in [1.54, 1.807) is 0 Å². The van der Waals surface area contributed by atoms with E-state index in [-0.39, 0.29) is 11.1 Å². The standard InChI is InChI=1S/C11H23NO/c1-8(2)13-9-7-10(3,4)12-11(9,5)6/h8-9,12H,7H2,1-6H3. The van der Waals surface area contributed by atoms with E-state index in [1.165, 1.54) is 0 Å². The molecule has 1 rings (SSSR count). The monoisotopic (exact) mass is 185 g/mol. The molecule has 78 valence electrons. The first-order chi connectivity index (χ1) is 5.73. The van der Waals surface area contributed by atoms with Gasteiger partial charge in [0.2, 0.25) is 0 Å². The van der Waals surface area contributed by atoms with E-state index in [2.05, 4.69) is 46.9 Å². The zero-order valence-corrected chi connectivity index (χ0v) is 9.77. The summed E-state index contributed by atoms with van der Waals surface area (Å²) in [6.07, 6.45) is 1.75. The topological polar surface area (TPSA) is 21.3 Å². The summed E-state index contributed by atoms with van der Waals surface area (Å²) in [7, 11) is 0. The molecule has 0 aromatic rings. The van der Waals surface area contributed by atoms with E-state index in [1.807, 2.05) is 0 Å². The molecule has 1 N–H and O–H groups in total. The predicted molar refractivity (Wildman–Crippen MR) is 55.9 cm³/mol. The Balaban J connectivity index is 2.65. The van der Waals surface area contributed by atoms with E-state index in [0.717, 1.165) is 6.42 Å². The van der Waals surface area contributed by atoms with Crippen molar-refractivity contribution >= 4 is 0 Å². The van der Waals surface area contributed by atoms with Gasteiger partial charge in [-0.15, -0.1) is 0 Å². The van der Waals surface area contributed by atoms with Crippen molar-refractivity contribution in [3.63, 3.8) is 0 Å². The molecule has 13 heavy (non-hydrogen) atoms. The van der Waals surface area contributed by atoms with Crippen LogP contribution in [0.5, 0.6) is 0 Å². The van der Waals surface area contributed by atoms with Gasteiger partial charge < -0.3 is 10.1 Å². The molecule has 0 aromatic carbocycles. The van der Waals surface area contributed by atoms with Crippen molar-refractivity contribution in [3.05, 3.63) is 0 Å². The molecule has 0 spiro atoms. The van der Waals surface area contributed by atoms with Gasteiger partial charge >= 0.3 is 0 Å². The van der Waals surface area contributed by atoms with Gasteiger partial charge in [0.05, 0.1) is 12.2 Å². The summed E-state index contributed by atoms with van der Waals surface area (Å²) in [6.45, 7) is 13.1. The van der Waals surface area contributed by atoms with Crippen LogP contribution < -0.4 is 5.32 Å². The summed E-state index contributed by atoms with van der Waals surface area (Å²) < 4.78 is 5.90. The summed E-state index contributed by atoms with van der Waals surface area (Å²) in [5, 5.41) is 3.60. The molecule has 0 bridgehead atoms. The molecule has 1 unspecified atom stereocenters. The van der Waals surface area contributed by atoms with Gasteiger partial charge in [-0.25, -0.2) is 0 Å². The first-order valence-electron chi connectivity index (χ1n) is 5.18. The summed E-state index contributed by atoms with van der Waals surface area (Å²) >= 11 is 0. The summed E-state index contributed by atoms with van der Waals surface area (Å²) in [5.41, 5.74) is 0.316. The minimum absolute atomic E-state index is 0.105. The highest BCUT2D eigenvalue weighted by molar-refractivity contribution is 5.04. The van der Waals surface area contributed by atoms with Gasteiger partial charge in [-0.3, -0.25) is 0 Å². The maximum absolute atomic E-state index is 5.90. The average molecular weight is 185 g/mol. The van der Waals surface area contributed by atoms with Gasteiger partial charge in [0.1, 0.15) is 0 Å². The third kappa shape index (κ3) is 2.68. The lowest BCUT2D eigenvalue weighted by Crippen LogP contribution is -2.47. The van der Waals surface area contributed by atoms with E-state index >= 15 is 0 Å². The fourth-order valence-corrected chi connectivity index (χ4v) is 2.27. The van der Waals surface area contributed by atoms with E-state index in [9.17, 15) is 0 Å². The molecule has 1 fully saturated rings. The van der Waals surface area contributed by atoms with Crippen LogP contribution >= 0.6 is 0 Å². The number of hydrogen-bond acceptors (Lipinski definition) is 2. The van der Waals surface area contributed by atoms with Crippen LogP contribution in [0.3, 0.4) is 0 Å². The number of ether oxygens (including phenoxy) is 1. The van der Waals surface area contributed by atoms with Crippen LogP contribution in [0.2, 0.25) is 0 Å². The fraction of sp³-hybridized carbons (Fsp3) is 1.00. The molecule has 1 atom stereocenters. The van der Waals surface area contributed by atoms with Crippen LogP contribution in [0, 0.1) is 0 Å². The van der Waals surface area contributed by atoms with Crippen LogP contribution in [0.25, 0.3) is 0 Å².